The molecule has 2 aromatic rings. The summed E-state index contributed by atoms with van der Waals surface area (Å²) < 4.78 is 32.8. The molecule has 0 radical (unpaired) electrons. The monoisotopic (exact) mass is 292 g/mol. The van der Waals surface area contributed by atoms with Crippen LogP contribution in [-0.4, -0.2) is 13.0 Å². The molecule has 0 aliphatic heterocycles. The van der Waals surface area contributed by atoms with E-state index >= 15 is 0 Å². The van der Waals surface area contributed by atoms with Gasteiger partial charge in [0.25, 0.3) is 10.1 Å². The number of hydrogen-bond acceptors (Lipinski definition) is 2. The molecule has 0 fully saturated rings. The zero-order chi connectivity index (χ0) is 15.1. The average Bonchev–Trinajstić information content (AvgIpc) is 2.35. The molecule has 0 unspecified atom stereocenters. The summed E-state index contributed by atoms with van der Waals surface area (Å²) in [4.78, 5) is 0.0214. The van der Waals surface area contributed by atoms with Crippen LogP contribution in [0, 0.1) is 0 Å². The van der Waals surface area contributed by atoms with Crippen LogP contribution in [0.3, 0.4) is 0 Å². The van der Waals surface area contributed by atoms with E-state index in [2.05, 4.69) is 13.8 Å². The molecule has 0 bridgehead atoms. The third-order valence-electron chi connectivity index (χ3n) is 3.57. The molecule has 0 aromatic heterocycles. The van der Waals surface area contributed by atoms with Crippen molar-refractivity contribution in [1.29, 1.82) is 0 Å². The van der Waals surface area contributed by atoms with Crippen molar-refractivity contribution in [3.05, 3.63) is 41.5 Å². The molecule has 0 aliphatic carbocycles. The highest BCUT2D eigenvalue weighted by Gasteiger charge is 2.19. The maximum Gasteiger partial charge on any atom is 0.294 e. The van der Waals surface area contributed by atoms with Crippen molar-refractivity contribution in [2.75, 3.05) is 0 Å². The van der Waals surface area contributed by atoms with Crippen LogP contribution < -0.4 is 0 Å². The van der Waals surface area contributed by atoms with Gasteiger partial charge in [-0.05, 0) is 45.9 Å². The second-order valence-corrected chi connectivity index (χ2v) is 7.13. The summed E-state index contributed by atoms with van der Waals surface area (Å²) >= 11 is 0. The predicted octanol–water partition coefficient (Wildman–Crippen LogP) is 4.33. The molecule has 0 aliphatic rings. The van der Waals surface area contributed by atoms with Crippen molar-refractivity contribution < 1.29 is 13.0 Å². The molecule has 0 amide bonds. The van der Waals surface area contributed by atoms with Crippen LogP contribution in [0.2, 0.25) is 0 Å². The lowest BCUT2D eigenvalue weighted by Crippen LogP contribution is -2.05. The van der Waals surface area contributed by atoms with E-state index in [-0.39, 0.29) is 16.7 Å². The molecule has 0 heterocycles. The largest absolute Gasteiger partial charge is 0.294 e. The lowest BCUT2D eigenvalue weighted by Gasteiger charge is -2.15. The van der Waals surface area contributed by atoms with Gasteiger partial charge in [-0.1, -0.05) is 45.9 Å². The quantitative estimate of drug-likeness (QED) is 0.856. The molecule has 20 heavy (non-hydrogen) atoms. The van der Waals surface area contributed by atoms with Gasteiger partial charge >= 0.3 is 0 Å². The molecule has 1 N–H and O–H groups in total. The Morgan fingerprint density at radius 1 is 0.950 bits per heavy atom. The minimum absolute atomic E-state index is 0.0214. The van der Waals surface area contributed by atoms with Gasteiger partial charge in [0.05, 0.1) is 4.90 Å². The highest BCUT2D eigenvalue weighted by Crippen LogP contribution is 2.32. The topological polar surface area (TPSA) is 54.4 Å². The first-order chi connectivity index (χ1) is 9.21. The van der Waals surface area contributed by atoms with Crippen molar-refractivity contribution in [3.8, 4) is 0 Å². The molecule has 0 saturated heterocycles. The molecule has 3 nitrogen and oxygen atoms in total. The van der Waals surface area contributed by atoms with Crippen LogP contribution in [0.1, 0.15) is 50.7 Å². The van der Waals surface area contributed by atoms with Gasteiger partial charge in [0.15, 0.2) is 0 Å². The van der Waals surface area contributed by atoms with E-state index in [0.29, 0.717) is 5.56 Å². The minimum Gasteiger partial charge on any atom is -0.282 e. The molecule has 2 rings (SSSR count). The van der Waals surface area contributed by atoms with E-state index < -0.39 is 10.1 Å². The van der Waals surface area contributed by atoms with Crippen LogP contribution in [0.4, 0.5) is 0 Å². The Kier molecular flexibility index (Phi) is 3.89. The van der Waals surface area contributed by atoms with Crippen molar-refractivity contribution >= 4 is 20.9 Å². The molecular formula is C16H20O3S. The Balaban J connectivity index is 2.90. The molecule has 0 spiro atoms. The summed E-state index contributed by atoms with van der Waals surface area (Å²) in [7, 11) is -4.21. The van der Waals surface area contributed by atoms with E-state index in [0.717, 1.165) is 16.3 Å². The van der Waals surface area contributed by atoms with Gasteiger partial charge in [0.2, 0.25) is 0 Å². The first-order valence-electron chi connectivity index (χ1n) is 6.76. The van der Waals surface area contributed by atoms with E-state index in [4.69, 9.17) is 0 Å². The van der Waals surface area contributed by atoms with Crippen LogP contribution in [-0.2, 0) is 10.1 Å². The summed E-state index contributed by atoms with van der Waals surface area (Å²) in [6.45, 7) is 7.97. The third kappa shape index (κ3) is 2.72. The van der Waals surface area contributed by atoms with Gasteiger partial charge in [-0.25, -0.2) is 0 Å². The highest BCUT2D eigenvalue weighted by molar-refractivity contribution is 7.85. The Hall–Kier alpha value is -1.39. The lowest BCUT2D eigenvalue weighted by atomic mass is 9.93. The fourth-order valence-corrected chi connectivity index (χ4v) is 3.38. The number of benzene rings is 2. The van der Waals surface area contributed by atoms with Crippen LogP contribution in [0.15, 0.2) is 35.2 Å². The zero-order valence-corrected chi connectivity index (χ0v) is 13.0. The highest BCUT2D eigenvalue weighted by atomic mass is 32.2. The van der Waals surface area contributed by atoms with Crippen molar-refractivity contribution in [1.82, 2.24) is 0 Å². The van der Waals surface area contributed by atoms with Crippen molar-refractivity contribution in [2.45, 2.75) is 44.4 Å². The van der Waals surface area contributed by atoms with Gasteiger partial charge in [0, 0.05) is 0 Å². The van der Waals surface area contributed by atoms with Gasteiger partial charge in [-0.2, -0.15) is 8.42 Å². The van der Waals surface area contributed by atoms with Crippen molar-refractivity contribution in [3.63, 3.8) is 0 Å². The summed E-state index contributed by atoms with van der Waals surface area (Å²) in [5.74, 6) is 0.317. The summed E-state index contributed by atoms with van der Waals surface area (Å²) in [5.41, 5.74) is 1.74. The molecule has 108 valence electrons. The first kappa shape index (κ1) is 15.0. The van der Waals surface area contributed by atoms with Gasteiger partial charge in [0.1, 0.15) is 0 Å². The molecule has 0 atom stereocenters. The molecule has 2 aromatic carbocycles. The van der Waals surface area contributed by atoms with Crippen LogP contribution in [0.25, 0.3) is 10.8 Å². The van der Waals surface area contributed by atoms with Crippen molar-refractivity contribution in [2.24, 2.45) is 0 Å². The fourth-order valence-electron chi connectivity index (χ4n) is 2.53. The van der Waals surface area contributed by atoms with Crippen LogP contribution >= 0.6 is 0 Å². The molecule has 0 saturated carbocycles. The third-order valence-corrected chi connectivity index (χ3v) is 4.48. The normalized spacial score (nSPS) is 12.6. The van der Waals surface area contributed by atoms with E-state index in [1.54, 1.807) is 6.07 Å². The maximum atomic E-state index is 11.6. The van der Waals surface area contributed by atoms with Gasteiger partial charge in [-0.15, -0.1) is 0 Å². The number of hydrogen-bond donors (Lipinski definition) is 1. The zero-order valence-electron chi connectivity index (χ0n) is 12.2. The molecule has 4 heteroatoms. The van der Waals surface area contributed by atoms with Crippen LogP contribution in [0.5, 0.6) is 0 Å². The summed E-state index contributed by atoms with van der Waals surface area (Å²) in [6, 6.07) is 9.43. The predicted molar refractivity (Wildman–Crippen MR) is 81.9 cm³/mol. The van der Waals surface area contributed by atoms with Gasteiger partial charge in [-0.3, -0.25) is 4.55 Å². The Bertz CT molecular complexity index is 744. The summed E-state index contributed by atoms with van der Waals surface area (Å²) in [5, 5.41) is 1.90. The smallest absolute Gasteiger partial charge is 0.282 e. The second kappa shape index (κ2) is 5.19. The maximum absolute atomic E-state index is 11.6. The lowest BCUT2D eigenvalue weighted by molar-refractivity contribution is 0.481. The Labute approximate surface area is 120 Å². The number of rotatable bonds is 3. The van der Waals surface area contributed by atoms with E-state index in [1.807, 2.05) is 38.1 Å². The van der Waals surface area contributed by atoms with Gasteiger partial charge < -0.3 is 0 Å². The average molecular weight is 292 g/mol. The van der Waals surface area contributed by atoms with E-state index in [1.165, 1.54) is 0 Å². The standard InChI is InChI=1S/C16H20O3S/c1-10(2)13-7-5-6-12-8-14(11(3)4)16(9-15(12)13)20(17,18)19/h5-11H,1-4H3,(H,17,18,19). The SMILES string of the molecule is CC(C)c1cc2cccc(C(C)C)c2cc1S(=O)(=O)O. The Morgan fingerprint density at radius 3 is 2.05 bits per heavy atom. The number of fused-ring (bicyclic) bond motifs is 1. The first-order valence-corrected chi connectivity index (χ1v) is 8.20. The summed E-state index contributed by atoms with van der Waals surface area (Å²) in [6.07, 6.45) is 0. The van der Waals surface area contributed by atoms with E-state index in [9.17, 15) is 13.0 Å². The fraction of sp³-hybridized carbons (Fsp3) is 0.375. The minimum atomic E-state index is -4.21. The Morgan fingerprint density at radius 2 is 1.55 bits per heavy atom. The second-order valence-electron chi connectivity index (χ2n) is 5.74. The molecular weight excluding hydrogens is 272 g/mol.